The number of thioether (sulfide) groups is 1. The molecule has 0 spiro atoms. The van der Waals surface area contributed by atoms with Crippen LogP contribution in [-0.4, -0.2) is 29.1 Å². The highest BCUT2D eigenvalue weighted by molar-refractivity contribution is 7.99. The second kappa shape index (κ2) is 7.58. The summed E-state index contributed by atoms with van der Waals surface area (Å²) in [5.41, 5.74) is 1.70. The predicted octanol–water partition coefficient (Wildman–Crippen LogP) is 2.70. The number of halogens is 1. The van der Waals surface area contributed by atoms with Crippen molar-refractivity contribution < 1.29 is 9.90 Å². The molecule has 0 fully saturated rings. The van der Waals surface area contributed by atoms with Crippen molar-refractivity contribution in [3.8, 4) is 0 Å². The van der Waals surface area contributed by atoms with Gasteiger partial charge < -0.3 is 10.4 Å². The summed E-state index contributed by atoms with van der Waals surface area (Å²) in [4.78, 5) is 11.6. The van der Waals surface area contributed by atoms with Gasteiger partial charge in [0.05, 0.1) is 16.5 Å². The zero-order valence-corrected chi connectivity index (χ0v) is 11.3. The average Bonchev–Trinajstić information content (AvgIpc) is 2.28. The van der Waals surface area contributed by atoms with Crippen LogP contribution in [-0.2, 0) is 4.79 Å². The Morgan fingerprint density at radius 3 is 2.94 bits per heavy atom. The third kappa shape index (κ3) is 5.44. The lowest BCUT2D eigenvalue weighted by atomic mass is 10.2. The van der Waals surface area contributed by atoms with E-state index in [9.17, 15) is 4.79 Å². The van der Waals surface area contributed by atoms with Gasteiger partial charge in [-0.05, 0) is 36.8 Å². The quantitative estimate of drug-likeness (QED) is 0.784. The van der Waals surface area contributed by atoms with E-state index in [2.05, 4.69) is 5.32 Å². The Labute approximate surface area is 111 Å². The fraction of sp³-hybridized carbons (Fsp3) is 0.417. The lowest BCUT2D eigenvalue weighted by Gasteiger charge is -2.07. The number of rotatable bonds is 6. The van der Waals surface area contributed by atoms with Crippen LogP contribution in [0.2, 0.25) is 5.02 Å². The first-order valence-electron chi connectivity index (χ1n) is 5.38. The maximum atomic E-state index is 11.6. The van der Waals surface area contributed by atoms with Crippen LogP contribution in [0.4, 0.5) is 5.69 Å². The van der Waals surface area contributed by atoms with E-state index in [0.717, 1.165) is 11.3 Å². The van der Waals surface area contributed by atoms with E-state index in [1.807, 2.05) is 19.1 Å². The molecule has 1 aromatic carbocycles. The molecule has 0 radical (unpaired) electrons. The number of benzene rings is 1. The Morgan fingerprint density at radius 2 is 2.29 bits per heavy atom. The molecule has 1 rings (SSSR count). The minimum Gasteiger partial charge on any atom is -0.396 e. The summed E-state index contributed by atoms with van der Waals surface area (Å²) in [6.45, 7) is 2.11. The molecule has 0 aromatic heterocycles. The Kier molecular flexibility index (Phi) is 6.40. The van der Waals surface area contributed by atoms with E-state index in [1.54, 1.807) is 6.07 Å². The molecule has 0 bridgehead atoms. The average molecular weight is 274 g/mol. The molecule has 1 aromatic rings. The molecule has 2 N–H and O–H groups in total. The standard InChI is InChI=1S/C12H16ClNO2S/c1-9-3-4-11(10(13)7-9)14-12(16)8-17-6-2-5-15/h3-4,7,15H,2,5-6,8H2,1H3,(H,14,16). The Hall–Kier alpha value is -0.710. The Balaban J connectivity index is 2.40. The number of carbonyl (C=O) groups excluding carboxylic acids is 1. The molecule has 94 valence electrons. The van der Waals surface area contributed by atoms with Crippen molar-refractivity contribution in [3.05, 3.63) is 28.8 Å². The third-order valence-electron chi connectivity index (χ3n) is 2.08. The molecule has 0 atom stereocenters. The predicted molar refractivity (Wildman–Crippen MR) is 73.8 cm³/mol. The first-order valence-corrected chi connectivity index (χ1v) is 6.91. The molecule has 5 heteroatoms. The van der Waals surface area contributed by atoms with Gasteiger partial charge in [-0.1, -0.05) is 17.7 Å². The number of aryl methyl sites for hydroxylation is 1. The Morgan fingerprint density at radius 1 is 1.53 bits per heavy atom. The lowest BCUT2D eigenvalue weighted by Crippen LogP contribution is -2.14. The number of carbonyl (C=O) groups is 1. The molecule has 17 heavy (non-hydrogen) atoms. The smallest absolute Gasteiger partial charge is 0.234 e. The fourth-order valence-electron chi connectivity index (χ4n) is 1.24. The highest BCUT2D eigenvalue weighted by Gasteiger charge is 2.05. The van der Waals surface area contributed by atoms with Gasteiger partial charge in [-0.15, -0.1) is 0 Å². The fourth-order valence-corrected chi connectivity index (χ4v) is 2.26. The number of aliphatic hydroxyl groups is 1. The van der Waals surface area contributed by atoms with Crippen LogP contribution in [0.1, 0.15) is 12.0 Å². The normalized spacial score (nSPS) is 10.3. The SMILES string of the molecule is Cc1ccc(NC(=O)CSCCCO)c(Cl)c1. The van der Waals surface area contributed by atoms with E-state index in [1.165, 1.54) is 11.8 Å². The van der Waals surface area contributed by atoms with Gasteiger partial charge in [-0.3, -0.25) is 4.79 Å². The van der Waals surface area contributed by atoms with Crippen molar-refractivity contribution in [1.29, 1.82) is 0 Å². The van der Waals surface area contributed by atoms with Crippen molar-refractivity contribution in [2.75, 3.05) is 23.4 Å². The van der Waals surface area contributed by atoms with Crippen molar-refractivity contribution in [2.45, 2.75) is 13.3 Å². The minimum absolute atomic E-state index is 0.0707. The van der Waals surface area contributed by atoms with E-state index in [-0.39, 0.29) is 12.5 Å². The first-order chi connectivity index (χ1) is 8.13. The molecule has 0 aliphatic rings. The molecule has 0 aliphatic carbocycles. The van der Waals surface area contributed by atoms with E-state index >= 15 is 0 Å². The van der Waals surface area contributed by atoms with Gasteiger partial charge in [-0.25, -0.2) is 0 Å². The van der Waals surface area contributed by atoms with Crippen LogP contribution >= 0.6 is 23.4 Å². The van der Waals surface area contributed by atoms with Crippen LogP contribution in [0, 0.1) is 6.92 Å². The molecule has 0 saturated carbocycles. The number of amides is 1. The number of anilines is 1. The van der Waals surface area contributed by atoms with Crippen molar-refractivity contribution in [3.63, 3.8) is 0 Å². The lowest BCUT2D eigenvalue weighted by molar-refractivity contribution is -0.113. The maximum absolute atomic E-state index is 11.6. The second-order valence-electron chi connectivity index (χ2n) is 3.66. The molecular weight excluding hydrogens is 258 g/mol. The van der Waals surface area contributed by atoms with Crippen LogP contribution in [0.5, 0.6) is 0 Å². The largest absolute Gasteiger partial charge is 0.396 e. The van der Waals surface area contributed by atoms with Gasteiger partial charge in [0, 0.05) is 6.61 Å². The number of hydrogen-bond acceptors (Lipinski definition) is 3. The summed E-state index contributed by atoms with van der Waals surface area (Å²) in [5.74, 6) is 1.09. The van der Waals surface area contributed by atoms with Crippen LogP contribution < -0.4 is 5.32 Å². The van der Waals surface area contributed by atoms with Gasteiger partial charge in [0.2, 0.25) is 5.91 Å². The molecule has 0 unspecified atom stereocenters. The summed E-state index contributed by atoms with van der Waals surface area (Å²) in [6, 6.07) is 5.52. The molecule has 0 heterocycles. The highest BCUT2D eigenvalue weighted by atomic mass is 35.5. The summed E-state index contributed by atoms with van der Waals surface area (Å²) >= 11 is 7.50. The molecule has 1 amide bonds. The van der Waals surface area contributed by atoms with E-state index in [4.69, 9.17) is 16.7 Å². The van der Waals surface area contributed by atoms with Gasteiger partial charge >= 0.3 is 0 Å². The minimum atomic E-state index is -0.0707. The van der Waals surface area contributed by atoms with E-state index in [0.29, 0.717) is 22.9 Å². The highest BCUT2D eigenvalue weighted by Crippen LogP contribution is 2.22. The van der Waals surface area contributed by atoms with Crippen molar-refractivity contribution in [2.24, 2.45) is 0 Å². The third-order valence-corrected chi connectivity index (χ3v) is 3.43. The Bertz CT molecular complexity index is 385. The molecule has 3 nitrogen and oxygen atoms in total. The van der Waals surface area contributed by atoms with Gasteiger partial charge in [0.25, 0.3) is 0 Å². The number of hydrogen-bond donors (Lipinski definition) is 2. The topological polar surface area (TPSA) is 49.3 Å². The van der Waals surface area contributed by atoms with Crippen LogP contribution in [0.25, 0.3) is 0 Å². The number of nitrogens with one attached hydrogen (secondary N) is 1. The molecular formula is C12H16ClNO2S. The number of aliphatic hydroxyl groups excluding tert-OH is 1. The van der Waals surface area contributed by atoms with Crippen molar-refractivity contribution in [1.82, 2.24) is 0 Å². The summed E-state index contributed by atoms with van der Waals surface area (Å²) in [5, 5.41) is 11.9. The monoisotopic (exact) mass is 273 g/mol. The van der Waals surface area contributed by atoms with Crippen LogP contribution in [0.3, 0.4) is 0 Å². The summed E-state index contributed by atoms with van der Waals surface area (Å²) < 4.78 is 0. The summed E-state index contributed by atoms with van der Waals surface area (Å²) in [7, 11) is 0. The first kappa shape index (κ1) is 14.4. The second-order valence-corrected chi connectivity index (χ2v) is 5.17. The van der Waals surface area contributed by atoms with Gasteiger partial charge in [-0.2, -0.15) is 11.8 Å². The summed E-state index contributed by atoms with van der Waals surface area (Å²) in [6.07, 6.45) is 0.712. The van der Waals surface area contributed by atoms with Crippen molar-refractivity contribution >= 4 is 35.0 Å². The molecule has 0 saturated heterocycles. The van der Waals surface area contributed by atoms with E-state index < -0.39 is 0 Å². The van der Waals surface area contributed by atoms with Gasteiger partial charge in [0.1, 0.15) is 0 Å². The zero-order valence-electron chi connectivity index (χ0n) is 9.70. The zero-order chi connectivity index (χ0) is 12.7. The molecule has 0 aliphatic heterocycles. The maximum Gasteiger partial charge on any atom is 0.234 e. The van der Waals surface area contributed by atoms with Crippen LogP contribution in [0.15, 0.2) is 18.2 Å². The van der Waals surface area contributed by atoms with Gasteiger partial charge in [0.15, 0.2) is 0 Å².